The van der Waals surface area contributed by atoms with E-state index in [-0.39, 0.29) is 5.41 Å². The highest BCUT2D eigenvalue weighted by Gasteiger charge is 2.44. The van der Waals surface area contributed by atoms with Crippen LogP contribution in [0.2, 0.25) is 0 Å². The van der Waals surface area contributed by atoms with Crippen LogP contribution in [-0.4, -0.2) is 16.1 Å². The van der Waals surface area contributed by atoms with Crippen LogP contribution in [-0.2, 0) is 11.2 Å². The van der Waals surface area contributed by atoms with Crippen molar-refractivity contribution in [2.45, 2.75) is 46.0 Å². The van der Waals surface area contributed by atoms with Crippen molar-refractivity contribution in [2.24, 2.45) is 10.8 Å². The maximum Gasteiger partial charge on any atom is 0.310 e. The topological polar surface area (TPSA) is 50.2 Å². The van der Waals surface area contributed by atoms with Gasteiger partial charge in [-0.2, -0.15) is 0 Å². The van der Waals surface area contributed by atoms with E-state index in [9.17, 15) is 9.90 Å². The van der Waals surface area contributed by atoms with Crippen LogP contribution in [0.25, 0.3) is 0 Å². The Morgan fingerprint density at radius 3 is 2.42 bits per heavy atom. The van der Waals surface area contributed by atoms with Crippen LogP contribution < -0.4 is 0 Å². The summed E-state index contributed by atoms with van der Waals surface area (Å²) < 4.78 is 0.922. The molecule has 0 aromatic carbocycles. The molecule has 0 aliphatic heterocycles. The maximum atomic E-state index is 11.7. The van der Waals surface area contributed by atoms with Gasteiger partial charge in [0.15, 0.2) is 0 Å². The standard InChI is InChI=1S/C15H20BrNO2/c1-14(2)5-7-15(8-6-14,13(18)19)9-12-4-3-11(16)10-17-12/h3-4,10H,5-9H2,1-2H3,(H,18,19). The Kier molecular flexibility index (Phi) is 4.00. The molecule has 1 aromatic rings. The zero-order valence-corrected chi connectivity index (χ0v) is 13.0. The Balaban J connectivity index is 2.17. The van der Waals surface area contributed by atoms with Crippen LogP contribution in [0.3, 0.4) is 0 Å². The largest absolute Gasteiger partial charge is 0.481 e. The monoisotopic (exact) mass is 325 g/mol. The fraction of sp³-hybridized carbons (Fsp3) is 0.600. The molecule has 0 amide bonds. The van der Waals surface area contributed by atoms with Gasteiger partial charge in [-0.05, 0) is 59.2 Å². The van der Waals surface area contributed by atoms with Gasteiger partial charge in [-0.3, -0.25) is 9.78 Å². The van der Waals surface area contributed by atoms with Gasteiger partial charge in [0.05, 0.1) is 5.41 Å². The van der Waals surface area contributed by atoms with Gasteiger partial charge in [0, 0.05) is 22.8 Å². The lowest BCUT2D eigenvalue weighted by molar-refractivity contribution is -0.152. The summed E-state index contributed by atoms with van der Waals surface area (Å²) in [5.74, 6) is -0.673. The molecule has 4 heteroatoms. The second-order valence-electron chi connectivity index (χ2n) is 6.39. The van der Waals surface area contributed by atoms with Crippen molar-refractivity contribution in [2.75, 3.05) is 0 Å². The van der Waals surface area contributed by atoms with E-state index in [0.29, 0.717) is 6.42 Å². The summed E-state index contributed by atoms with van der Waals surface area (Å²) >= 11 is 3.35. The number of hydrogen-bond donors (Lipinski definition) is 1. The number of pyridine rings is 1. The van der Waals surface area contributed by atoms with Crippen molar-refractivity contribution < 1.29 is 9.90 Å². The van der Waals surface area contributed by atoms with Crippen molar-refractivity contribution in [3.63, 3.8) is 0 Å². The molecule has 1 aliphatic rings. The van der Waals surface area contributed by atoms with Crippen molar-refractivity contribution in [3.8, 4) is 0 Å². The highest BCUT2D eigenvalue weighted by molar-refractivity contribution is 9.10. The maximum absolute atomic E-state index is 11.7. The van der Waals surface area contributed by atoms with Crippen molar-refractivity contribution in [1.29, 1.82) is 0 Å². The van der Waals surface area contributed by atoms with E-state index in [4.69, 9.17) is 0 Å². The van der Waals surface area contributed by atoms with Crippen LogP contribution in [0.5, 0.6) is 0 Å². The van der Waals surface area contributed by atoms with Crippen molar-refractivity contribution in [3.05, 3.63) is 28.5 Å². The number of hydrogen-bond acceptors (Lipinski definition) is 2. The van der Waals surface area contributed by atoms with Gasteiger partial charge < -0.3 is 5.11 Å². The van der Waals surface area contributed by atoms with Gasteiger partial charge in [0.25, 0.3) is 0 Å². The molecule has 0 saturated heterocycles. The first-order valence-corrected chi connectivity index (χ1v) is 7.46. The lowest BCUT2D eigenvalue weighted by Gasteiger charge is -2.40. The minimum absolute atomic E-state index is 0.270. The molecular weight excluding hydrogens is 306 g/mol. The predicted octanol–water partition coefficient (Wildman–Crippen LogP) is 4.06. The Morgan fingerprint density at radius 2 is 1.95 bits per heavy atom. The van der Waals surface area contributed by atoms with Crippen molar-refractivity contribution >= 4 is 21.9 Å². The third-order valence-corrected chi connectivity index (χ3v) is 4.79. The first-order chi connectivity index (χ1) is 8.83. The van der Waals surface area contributed by atoms with E-state index in [1.54, 1.807) is 6.20 Å². The van der Waals surface area contributed by atoms with E-state index in [1.807, 2.05) is 12.1 Å². The van der Waals surface area contributed by atoms with E-state index in [0.717, 1.165) is 35.8 Å². The SMILES string of the molecule is CC1(C)CCC(Cc2ccc(Br)cn2)(C(=O)O)CC1. The lowest BCUT2D eigenvalue weighted by atomic mass is 9.63. The fourth-order valence-electron chi connectivity index (χ4n) is 2.73. The molecule has 104 valence electrons. The fourth-order valence-corrected chi connectivity index (χ4v) is 2.96. The summed E-state index contributed by atoms with van der Waals surface area (Å²) in [6.07, 6.45) is 5.69. The van der Waals surface area contributed by atoms with Crippen molar-refractivity contribution in [1.82, 2.24) is 4.98 Å². The molecule has 3 nitrogen and oxygen atoms in total. The molecule has 1 aliphatic carbocycles. The predicted molar refractivity (Wildman–Crippen MR) is 78.0 cm³/mol. The van der Waals surface area contributed by atoms with Crippen LogP contribution in [0, 0.1) is 10.8 Å². The van der Waals surface area contributed by atoms with E-state index in [2.05, 4.69) is 34.8 Å². The molecule has 0 bridgehead atoms. The summed E-state index contributed by atoms with van der Waals surface area (Å²) in [7, 11) is 0. The average molecular weight is 326 g/mol. The number of nitrogens with zero attached hydrogens (tertiary/aromatic N) is 1. The number of carboxylic acids is 1. The summed E-state index contributed by atoms with van der Waals surface area (Å²) in [6.45, 7) is 4.44. The van der Waals surface area contributed by atoms with Gasteiger partial charge in [-0.25, -0.2) is 0 Å². The highest BCUT2D eigenvalue weighted by atomic mass is 79.9. The second kappa shape index (κ2) is 5.23. The molecule has 1 N–H and O–H groups in total. The van der Waals surface area contributed by atoms with Gasteiger partial charge in [0.1, 0.15) is 0 Å². The highest BCUT2D eigenvalue weighted by Crippen LogP contribution is 2.46. The second-order valence-corrected chi connectivity index (χ2v) is 7.31. The Bertz CT molecular complexity index is 458. The quantitative estimate of drug-likeness (QED) is 0.911. The molecule has 1 aromatic heterocycles. The number of halogens is 1. The lowest BCUT2D eigenvalue weighted by Crippen LogP contribution is -2.39. The number of rotatable bonds is 3. The van der Waals surface area contributed by atoms with Gasteiger partial charge >= 0.3 is 5.97 Å². The molecular formula is C15H20BrNO2. The summed E-state index contributed by atoms with van der Waals surface area (Å²) in [5.41, 5.74) is 0.507. The summed E-state index contributed by atoms with van der Waals surface area (Å²) in [4.78, 5) is 16.0. The third kappa shape index (κ3) is 3.35. The molecule has 19 heavy (non-hydrogen) atoms. The summed E-state index contributed by atoms with van der Waals surface area (Å²) in [5, 5.41) is 9.64. The average Bonchev–Trinajstić information content (AvgIpc) is 2.35. The smallest absolute Gasteiger partial charge is 0.310 e. The molecule has 0 spiro atoms. The molecule has 0 atom stereocenters. The van der Waals surface area contributed by atoms with Gasteiger partial charge in [0.2, 0.25) is 0 Å². The van der Waals surface area contributed by atoms with Gasteiger partial charge in [-0.1, -0.05) is 13.8 Å². The Labute approximate surface area is 122 Å². The normalized spacial score (nSPS) is 21.0. The van der Waals surface area contributed by atoms with Crippen LogP contribution in [0.4, 0.5) is 0 Å². The number of carbonyl (C=O) groups is 1. The zero-order valence-electron chi connectivity index (χ0n) is 11.4. The minimum atomic E-state index is -0.673. The molecule has 1 fully saturated rings. The number of carboxylic acid groups (broad SMARTS) is 1. The van der Waals surface area contributed by atoms with Crippen LogP contribution in [0.1, 0.15) is 45.2 Å². The molecule has 2 rings (SSSR count). The first-order valence-electron chi connectivity index (χ1n) is 6.67. The van der Waals surface area contributed by atoms with Crippen LogP contribution in [0.15, 0.2) is 22.8 Å². The Hall–Kier alpha value is -0.900. The molecule has 1 heterocycles. The first kappa shape index (κ1) is 14.5. The number of aromatic nitrogens is 1. The Morgan fingerprint density at radius 1 is 1.32 bits per heavy atom. The van der Waals surface area contributed by atoms with E-state index in [1.165, 1.54) is 0 Å². The van der Waals surface area contributed by atoms with E-state index >= 15 is 0 Å². The summed E-state index contributed by atoms with van der Waals surface area (Å²) in [6, 6.07) is 3.83. The molecule has 0 radical (unpaired) electrons. The molecule has 1 saturated carbocycles. The minimum Gasteiger partial charge on any atom is -0.481 e. The van der Waals surface area contributed by atoms with Crippen LogP contribution >= 0.6 is 15.9 Å². The molecule has 0 unspecified atom stereocenters. The number of aliphatic carboxylic acids is 1. The van der Waals surface area contributed by atoms with E-state index < -0.39 is 11.4 Å². The third-order valence-electron chi connectivity index (χ3n) is 4.32. The zero-order chi connectivity index (χ0) is 14.1. The van der Waals surface area contributed by atoms with Gasteiger partial charge in [-0.15, -0.1) is 0 Å².